The molecule has 0 saturated carbocycles. The van der Waals surface area contributed by atoms with E-state index in [-0.39, 0.29) is 0 Å². The minimum atomic E-state index is 0.359. The molecule has 144 valence electrons. The summed E-state index contributed by atoms with van der Waals surface area (Å²) in [6.45, 7) is 13.6. The van der Waals surface area contributed by atoms with E-state index < -0.39 is 0 Å². The Balaban J connectivity index is 0.000000166. The third-order valence-electron chi connectivity index (χ3n) is 4.70. The summed E-state index contributed by atoms with van der Waals surface area (Å²) in [5, 5.41) is 0. The van der Waals surface area contributed by atoms with Crippen LogP contribution in [0.15, 0.2) is 60.7 Å². The van der Waals surface area contributed by atoms with Crippen LogP contribution < -0.4 is 0 Å². The first-order valence-corrected chi connectivity index (χ1v) is 10.8. The monoisotopic (exact) mass is 404 g/mol. The van der Waals surface area contributed by atoms with Crippen molar-refractivity contribution in [1.29, 1.82) is 0 Å². The van der Waals surface area contributed by atoms with Gasteiger partial charge < -0.3 is 0 Å². The molecule has 1 heteroatoms. The molecule has 0 N–H and O–H groups in total. The van der Waals surface area contributed by atoms with Crippen LogP contribution in [0.5, 0.6) is 0 Å². The molecule has 2 aromatic carbocycles. The molecule has 2 aliphatic rings. The molecule has 0 nitrogen and oxygen atoms in total. The maximum atomic E-state index is 3.30. The van der Waals surface area contributed by atoms with E-state index in [0.29, 0.717) is 10.8 Å². The molecular weight excluding hydrogens is 372 g/mol. The molecule has 4 rings (SSSR count). The SMILES string of the molecule is CC(C)(C)[C](=[Ti+2])C(C)(C)C.[C-]1=CC=CC1.[c-]1cccc2c1Cc1ccccc1-2. The van der Waals surface area contributed by atoms with E-state index >= 15 is 0 Å². The van der Waals surface area contributed by atoms with Crippen LogP contribution in [0, 0.1) is 23.0 Å². The number of fused-ring (bicyclic) bond motifs is 3. The van der Waals surface area contributed by atoms with Crippen LogP contribution in [0.25, 0.3) is 11.1 Å². The zero-order valence-electron chi connectivity index (χ0n) is 18.2. The predicted molar refractivity (Wildman–Crippen MR) is 119 cm³/mol. The quantitative estimate of drug-likeness (QED) is 0.275. The molecule has 2 aromatic rings. The summed E-state index contributed by atoms with van der Waals surface area (Å²) in [6, 6.07) is 18.1. The first-order valence-electron chi connectivity index (χ1n) is 10.00. The first-order chi connectivity index (χ1) is 13.1. The average Bonchev–Trinajstić information content (AvgIpc) is 3.31. The van der Waals surface area contributed by atoms with Crippen LogP contribution in [0.3, 0.4) is 0 Å². The van der Waals surface area contributed by atoms with Gasteiger partial charge in [-0.15, -0.1) is 12.0 Å². The van der Waals surface area contributed by atoms with Crippen molar-refractivity contribution in [2.45, 2.75) is 54.4 Å². The van der Waals surface area contributed by atoms with E-state index in [0.717, 1.165) is 12.8 Å². The number of allylic oxidation sites excluding steroid dienone is 4. The van der Waals surface area contributed by atoms with Gasteiger partial charge in [0, 0.05) is 0 Å². The van der Waals surface area contributed by atoms with Gasteiger partial charge in [0.05, 0.1) is 0 Å². The van der Waals surface area contributed by atoms with Crippen molar-refractivity contribution < 1.29 is 20.0 Å². The van der Waals surface area contributed by atoms with Crippen LogP contribution in [-0.4, -0.2) is 3.81 Å². The molecule has 0 heterocycles. The molecule has 0 aliphatic heterocycles. The van der Waals surface area contributed by atoms with Crippen molar-refractivity contribution in [3.63, 3.8) is 0 Å². The molecule has 0 atom stereocenters. The van der Waals surface area contributed by atoms with Gasteiger partial charge in [-0.1, -0.05) is 35.4 Å². The van der Waals surface area contributed by atoms with Crippen molar-refractivity contribution in [1.82, 2.24) is 0 Å². The maximum Gasteiger partial charge on any atom is -0.0253 e. The summed E-state index contributed by atoms with van der Waals surface area (Å²) in [6.07, 6.45) is 11.0. The number of hydrogen-bond acceptors (Lipinski definition) is 0. The van der Waals surface area contributed by atoms with Crippen molar-refractivity contribution in [3.05, 3.63) is 84.0 Å². The molecule has 28 heavy (non-hydrogen) atoms. The van der Waals surface area contributed by atoms with Gasteiger partial charge in [0.15, 0.2) is 0 Å². The van der Waals surface area contributed by atoms with E-state index in [1.54, 1.807) is 3.81 Å². The van der Waals surface area contributed by atoms with Crippen LogP contribution in [0.2, 0.25) is 0 Å². The molecule has 0 aromatic heterocycles. The fourth-order valence-corrected chi connectivity index (χ4v) is 3.46. The average molecular weight is 404 g/mol. The Morgan fingerprint density at radius 3 is 2.04 bits per heavy atom. The predicted octanol–water partition coefficient (Wildman–Crippen LogP) is 7.16. The topological polar surface area (TPSA) is 0 Å². The van der Waals surface area contributed by atoms with Crippen LogP contribution >= 0.6 is 0 Å². The Kier molecular flexibility index (Phi) is 7.99. The van der Waals surface area contributed by atoms with Gasteiger partial charge in [-0.05, 0) is 6.42 Å². The molecule has 0 fully saturated rings. The molecule has 2 aliphatic carbocycles. The maximum absolute atomic E-state index is 3.30. The third-order valence-corrected chi connectivity index (χ3v) is 7.04. The minimum absolute atomic E-state index is 0.359. The summed E-state index contributed by atoms with van der Waals surface area (Å²) in [5.41, 5.74) is 6.23. The number of rotatable bonds is 0. The summed E-state index contributed by atoms with van der Waals surface area (Å²) in [4.78, 5) is 0. The Morgan fingerprint density at radius 1 is 0.893 bits per heavy atom. The second-order valence-corrected chi connectivity index (χ2v) is 10.1. The molecular formula is C27H32Ti. The largest absolute Gasteiger partial charge is 0.273 e. The summed E-state index contributed by atoms with van der Waals surface area (Å²) < 4.78 is 1.57. The Labute approximate surface area is 183 Å². The smallest absolute Gasteiger partial charge is 0.0253 e. The molecule has 0 spiro atoms. The molecule has 0 amide bonds. The summed E-state index contributed by atoms with van der Waals surface area (Å²) in [5.74, 6) is 0. The number of hydrogen-bond donors (Lipinski definition) is 0. The van der Waals surface area contributed by atoms with Gasteiger partial charge >= 0.3 is 76.2 Å². The Morgan fingerprint density at radius 2 is 1.54 bits per heavy atom. The van der Waals surface area contributed by atoms with Crippen molar-refractivity contribution in [2.24, 2.45) is 10.8 Å². The normalized spacial score (nSPS) is 13.7. The standard InChI is InChI=1S/C13H9.C9H18.C5H5.Ti/c1-3-7-12-10(5-1)9-11-6-2-4-8-13(11)12;1-8(2,3)7-9(4,5)6;1-2-4-5-3-1;/h1-5,7-8H,9H2;1-6H3;1-3H,4H2;/q-1;;-1;+2. The van der Waals surface area contributed by atoms with Crippen molar-refractivity contribution in [3.8, 4) is 11.1 Å². The fourth-order valence-electron chi connectivity index (χ4n) is 3.46. The Hall–Kier alpha value is -1.50. The molecule has 0 bridgehead atoms. The van der Waals surface area contributed by atoms with Gasteiger partial charge in [0.25, 0.3) is 0 Å². The van der Waals surface area contributed by atoms with Crippen LogP contribution in [-0.2, 0) is 26.4 Å². The summed E-state index contributed by atoms with van der Waals surface area (Å²) in [7, 11) is 0. The number of benzene rings is 2. The van der Waals surface area contributed by atoms with Gasteiger partial charge in [-0.2, -0.15) is 35.9 Å². The van der Waals surface area contributed by atoms with E-state index in [2.05, 4.69) is 116 Å². The molecule has 0 unspecified atom stereocenters. The van der Waals surface area contributed by atoms with Crippen LogP contribution in [0.4, 0.5) is 0 Å². The van der Waals surface area contributed by atoms with E-state index in [1.165, 1.54) is 22.3 Å². The fraction of sp³-hybridized carbons (Fsp3) is 0.370. The zero-order chi connectivity index (χ0) is 20.8. The van der Waals surface area contributed by atoms with Gasteiger partial charge in [-0.3, -0.25) is 6.08 Å². The van der Waals surface area contributed by atoms with Gasteiger partial charge in [0.1, 0.15) is 0 Å². The molecule has 0 saturated heterocycles. The van der Waals surface area contributed by atoms with Crippen LogP contribution in [0.1, 0.15) is 59.1 Å². The second-order valence-electron chi connectivity index (χ2n) is 9.27. The molecule has 0 radical (unpaired) electrons. The van der Waals surface area contributed by atoms with Gasteiger partial charge in [-0.25, -0.2) is 12.2 Å². The van der Waals surface area contributed by atoms with E-state index in [1.807, 2.05) is 18.2 Å². The zero-order valence-corrected chi connectivity index (χ0v) is 19.7. The van der Waals surface area contributed by atoms with Crippen molar-refractivity contribution >= 4 is 3.81 Å². The van der Waals surface area contributed by atoms with Gasteiger partial charge in [0.2, 0.25) is 0 Å². The van der Waals surface area contributed by atoms with E-state index in [9.17, 15) is 0 Å². The summed E-state index contributed by atoms with van der Waals surface area (Å²) >= 11 is 2.25. The second kappa shape index (κ2) is 9.81. The van der Waals surface area contributed by atoms with Crippen molar-refractivity contribution in [2.75, 3.05) is 0 Å². The third kappa shape index (κ3) is 6.54. The first kappa shape index (κ1) is 22.8. The van der Waals surface area contributed by atoms with E-state index in [4.69, 9.17) is 0 Å². The Bertz CT molecular complexity index is 785. The minimum Gasteiger partial charge on any atom is -0.273 e.